The number of carbonyl (C=O) groups excluding carboxylic acids is 1. The molecule has 3 nitrogen and oxygen atoms in total. The average Bonchev–Trinajstić information content (AvgIpc) is 2.42. The number of carbonyl (C=O) groups is 1. The quantitative estimate of drug-likeness (QED) is 0.903. The number of hydrogen-bond acceptors (Lipinski definition) is 2. The first-order chi connectivity index (χ1) is 9.20. The Kier molecular flexibility index (Phi) is 4.91. The summed E-state index contributed by atoms with van der Waals surface area (Å²) in [6.45, 7) is 2.22. The van der Waals surface area contributed by atoms with Crippen LogP contribution in [0.3, 0.4) is 0 Å². The highest BCUT2D eigenvalue weighted by Crippen LogP contribution is 2.20. The molecule has 1 saturated heterocycles. The normalized spacial score (nSPS) is 19.5. The van der Waals surface area contributed by atoms with Gasteiger partial charge in [0.1, 0.15) is 5.82 Å². The van der Waals surface area contributed by atoms with Gasteiger partial charge in [-0.05, 0) is 43.4 Å². The molecule has 0 aliphatic carbocycles. The van der Waals surface area contributed by atoms with Crippen LogP contribution < -0.4 is 5.73 Å². The van der Waals surface area contributed by atoms with E-state index < -0.39 is 0 Å². The predicted molar refractivity (Wildman–Crippen MR) is 73.1 cm³/mol. The van der Waals surface area contributed by atoms with Gasteiger partial charge in [0.25, 0.3) is 0 Å². The molecule has 1 aromatic rings. The molecule has 0 aromatic heterocycles. The van der Waals surface area contributed by atoms with E-state index >= 15 is 0 Å². The fourth-order valence-corrected chi connectivity index (χ4v) is 2.68. The van der Waals surface area contributed by atoms with Crippen molar-refractivity contribution >= 4 is 5.91 Å². The van der Waals surface area contributed by atoms with E-state index in [4.69, 9.17) is 5.73 Å². The molecule has 2 rings (SSSR count). The zero-order chi connectivity index (χ0) is 13.7. The van der Waals surface area contributed by atoms with Crippen LogP contribution in [0.4, 0.5) is 4.39 Å². The minimum Gasteiger partial charge on any atom is -0.342 e. The zero-order valence-corrected chi connectivity index (χ0v) is 11.1. The summed E-state index contributed by atoms with van der Waals surface area (Å²) in [5, 5.41) is 0. The number of likely N-dealkylation sites (tertiary alicyclic amines) is 1. The van der Waals surface area contributed by atoms with Crippen LogP contribution in [0.2, 0.25) is 0 Å². The van der Waals surface area contributed by atoms with Gasteiger partial charge in [-0.25, -0.2) is 4.39 Å². The highest BCUT2D eigenvalue weighted by atomic mass is 19.1. The van der Waals surface area contributed by atoms with Crippen LogP contribution in [0.5, 0.6) is 0 Å². The molecule has 0 radical (unpaired) electrons. The maximum absolute atomic E-state index is 13.5. The van der Waals surface area contributed by atoms with Crippen LogP contribution >= 0.6 is 0 Å². The molecule has 104 valence electrons. The molecule has 1 atom stereocenters. The van der Waals surface area contributed by atoms with Crippen molar-refractivity contribution in [2.75, 3.05) is 19.6 Å². The summed E-state index contributed by atoms with van der Waals surface area (Å²) >= 11 is 0. The van der Waals surface area contributed by atoms with Crippen LogP contribution in [0, 0.1) is 11.7 Å². The Morgan fingerprint density at radius 1 is 1.42 bits per heavy atom. The fraction of sp³-hybridized carbons (Fsp3) is 0.533. The number of amides is 1. The van der Waals surface area contributed by atoms with Crippen molar-refractivity contribution in [3.05, 3.63) is 35.6 Å². The van der Waals surface area contributed by atoms with E-state index in [0.717, 1.165) is 32.4 Å². The maximum Gasteiger partial charge on any atom is 0.227 e. The minimum absolute atomic E-state index is 0.0202. The van der Waals surface area contributed by atoms with Gasteiger partial charge in [0.15, 0.2) is 0 Å². The van der Waals surface area contributed by atoms with Gasteiger partial charge in [0.2, 0.25) is 5.91 Å². The summed E-state index contributed by atoms with van der Waals surface area (Å²) in [5.74, 6) is 0.224. The monoisotopic (exact) mass is 264 g/mol. The number of rotatable bonds is 4. The van der Waals surface area contributed by atoms with Crippen LogP contribution in [0.15, 0.2) is 24.3 Å². The first kappa shape index (κ1) is 14.0. The summed E-state index contributed by atoms with van der Waals surface area (Å²) in [6, 6.07) is 6.48. The minimum atomic E-state index is -0.300. The predicted octanol–water partition coefficient (Wildman–Crippen LogP) is 1.96. The summed E-state index contributed by atoms with van der Waals surface area (Å²) in [6.07, 6.45) is 3.28. The molecule has 1 aliphatic heterocycles. The number of benzene rings is 1. The van der Waals surface area contributed by atoms with Crippen molar-refractivity contribution in [1.29, 1.82) is 0 Å². The Balaban J connectivity index is 1.94. The molecular weight excluding hydrogens is 243 g/mol. The lowest BCUT2D eigenvalue weighted by atomic mass is 9.94. The molecular formula is C15H21FN2O. The van der Waals surface area contributed by atoms with E-state index in [-0.39, 0.29) is 18.1 Å². The molecule has 2 N–H and O–H groups in total. The van der Waals surface area contributed by atoms with Crippen molar-refractivity contribution in [3.63, 3.8) is 0 Å². The lowest BCUT2D eigenvalue weighted by Crippen LogP contribution is -2.41. The Hall–Kier alpha value is -1.42. The highest BCUT2D eigenvalue weighted by molar-refractivity contribution is 5.78. The molecule has 0 saturated carbocycles. The van der Waals surface area contributed by atoms with E-state index in [2.05, 4.69) is 0 Å². The smallest absolute Gasteiger partial charge is 0.227 e. The van der Waals surface area contributed by atoms with E-state index in [1.807, 2.05) is 4.90 Å². The van der Waals surface area contributed by atoms with E-state index in [0.29, 0.717) is 18.0 Å². The van der Waals surface area contributed by atoms with Gasteiger partial charge in [-0.1, -0.05) is 18.2 Å². The Morgan fingerprint density at radius 2 is 2.21 bits per heavy atom. The molecule has 4 heteroatoms. The Bertz CT molecular complexity index is 434. The third-order valence-electron chi connectivity index (χ3n) is 3.75. The van der Waals surface area contributed by atoms with Crippen LogP contribution in [-0.4, -0.2) is 30.4 Å². The number of nitrogens with two attached hydrogens (primary N) is 1. The molecule has 1 aliphatic rings. The summed E-state index contributed by atoms with van der Waals surface area (Å²) in [5.41, 5.74) is 6.05. The van der Waals surface area contributed by atoms with Crippen LogP contribution in [0.1, 0.15) is 24.8 Å². The molecule has 1 amide bonds. The van der Waals surface area contributed by atoms with Gasteiger partial charge >= 0.3 is 0 Å². The van der Waals surface area contributed by atoms with Crippen molar-refractivity contribution in [3.8, 4) is 0 Å². The fourth-order valence-electron chi connectivity index (χ4n) is 2.68. The topological polar surface area (TPSA) is 46.3 Å². The number of halogens is 1. The second-order valence-corrected chi connectivity index (χ2v) is 5.19. The molecule has 19 heavy (non-hydrogen) atoms. The lowest BCUT2D eigenvalue weighted by molar-refractivity contribution is -0.132. The van der Waals surface area contributed by atoms with Crippen molar-refractivity contribution in [1.82, 2.24) is 4.90 Å². The summed E-state index contributed by atoms with van der Waals surface area (Å²) in [7, 11) is 0. The highest BCUT2D eigenvalue weighted by Gasteiger charge is 2.23. The second kappa shape index (κ2) is 6.66. The van der Waals surface area contributed by atoms with E-state index in [9.17, 15) is 9.18 Å². The number of piperidine rings is 1. The summed E-state index contributed by atoms with van der Waals surface area (Å²) in [4.78, 5) is 14.1. The third kappa shape index (κ3) is 3.77. The van der Waals surface area contributed by atoms with Gasteiger partial charge in [-0.2, -0.15) is 0 Å². The number of hydrogen-bond donors (Lipinski definition) is 1. The average molecular weight is 264 g/mol. The summed E-state index contributed by atoms with van der Waals surface area (Å²) < 4.78 is 13.5. The maximum atomic E-state index is 13.5. The first-order valence-electron chi connectivity index (χ1n) is 6.92. The van der Waals surface area contributed by atoms with Crippen LogP contribution in [0.25, 0.3) is 0 Å². The SMILES string of the molecule is NCCC1CCCN(C(=O)Cc2ccccc2F)C1. The molecule has 1 fully saturated rings. The largest absolute Gasteiger partial charge is 0.342 e. The Labute approximate surface area is 113 Å². The lowest BCUT2D eigenvalue weighted by Gasteiger charge is -2.32. The standard InChI is InChI=1S/C15H21FN2O/c16-14-6-2-1-5-13(14)10-15(19)18-9-3-4-12(11-18)7-8-17/h1-2,5-6,12H,3-4,7-11,17H2. The molecule has 1 heterocycles. The number of nitrogens with zero attached hydrogens (tertiary/aromatic N) is 1. The van der Waals surface area contributed by atoms with Gasteiger partial charge in [0, 0.05) is 13.1 Å². The van der Waals surface area contributed by atoms with Crippen molar-refractivity contribution < 1.29 is 9.18 Å². The van der Waals surface area contributed by atoms with Crippen LogP contribution in [-0.2, 0) is 11.2 Å². The van der Waals surface area contributed by atoms with Crippen molar-refractivity contribution in [2.24, 2.45) is 11.7 Å². The molecule has 1 aromatic carbocycles. The van der Waals surface area contributed by atoms with Crippen molar-refractivity contribution in [2.45, 2.75) is 25.7 Å². The van der Waals surface area contributed by atoms with E-state index in [1.54, 1.807) is 18.2 Å². The van der Waals surface area contributed by atoms with Gasteiger partial charge < -0.3 is 10.6 Å². The Morgan fingerprint density at radius 3 is 2.95 bits per heavy atom. The second-order valence-electron chi connectivity index (χ2n) is 5.19. The van der Waals surface area contributed by atoms with Gasteiger partial charge in [0.05, 0.1) is 6.42 Å². The van der Waals surface area contributed by atoms with E-state index in [1.165, 1.54) is 6.07 Å². The van der Waals surface area contributed by atoms with Gasteiger partial charge in [-0.3, -0.25) is 4.79 Å². The third-order valence-corrected chi connectivity index (χ3v) is 3.75. The first-order valence-corrected chi connectivity index (χ1v) is 6.92. The molecule has 0 bridgehead atoms. The van der Waals surface area contributed by atoms with Gasteiger partial charge in [-0.15, -0.1) is 0 Å². The molecule has 0 spiro atoms. The molecule has 1 unspecified atom stereocenters. The zero-order valence-electron chi connectivity index (χ0n) is 11.1.